The molecule has 4 atom stereocenters. The maximum Gasteiger partial charge on any atom is 0.413 e. The molecule has 4 heterocycles. The van der Waals surface area contributed by atoms with Crippen LogP contribution < -0.4 is 40.2 Å². The lowest BCUT2D eigenvalue weighted by Gasteiger charge is -2.44. The van der Waals surface area contributed by atoms with Gasteiger partial charge in [-0.05, 0) is 103 Å². The number of amides is 5. The van der Waals surface area contributed by atoms with Crippen LogP contribution in [-0.2, 0) is 52.2 Å². The molecule has 5 amide bonds. The molecule has 29 heteroatoms. The van der Waals surface area contributed by atoms with Crippen LogP contribution in [0.5, 0.6) is 23.0 Å². The average molecular weight is 1240 g/mol. The van der Waals surface area contributed by atoms with Gasteiger partial charge in [0.2, 0.25) is 11.4 Å². The van der Waals surface area contributed by atoms with E-state index in [4.69, 9.17) is 49.4 Å². The number of esters is 1. The van der Waals surface area contributed by atoms with Crippen LogP contribution in [0.15, 0.2) is 81.8 Å². The van der Waals surface area contributed by atoms with Gasteiger partial charge in [-0.3, -0.25) is 29.0 Å². The highest BCUT2D eigenvalue weighted by atomic mass is 35.5. The fraction of sp³-hybridized carbons (Fsp3) is 0.446. The molecule has 3 aromatic carbocycles. The van der Waals surface area contributed by atoms with Crippen molar-refractivity contribution >= 4 is 79.8 Å². The molecule has 0 spiro atoms. The Kier molecular flexibility index (Phi) is 20.1. The zero-order valence-corrected chi connectivity index (χ0v) is 51.1. The van der Waals surface area contributed by atoms with Crippen LogP contribution in [0.25, 0.3) is 0 Å². The highest BCUT2D eigenvalue weighted by Gasteiger charge is 2.54. The minimum absolute atomic E-state index is 0.0475. The van der Waals surface area contributed by atoms with Gasteiger partial charge in [0.05, 0.1) is 75.7 Å². The van der Waals surface area contributed by atoms with Gasteiger partial charge in [-0.15, -0.1) is 11.3 Å². The molecule has 7 rings (SSSR count). The molecule has 0 saturated carbocycles. The lowest BCUT2D eigenvalue weighted by molar-refractivity contribution is -0.897. The van der Waals surface area contributed by atoms with Gasteiger partial charge in [0.15, 0.2) is 22.3 Å². The lowest BCUT2D eigenvalue weighted by Crippen LogP contribution is -2.74. The Morgan fingerprint density at radius 1 is 0.871 bits per heavy atom. The predicted molar refractivity (Wildman–Crippen MR) is 309 cm³/mol. The summed E-state index contributed by atoms with van der Waals surface area (Å²) in [6.45, 7) is 14.1. The average Bonchev–Trinajstić information content (AvgIpc) is 1.77. The van der Waals surface area contributed by atoms with E-state index >= 15 is 0 Å². The number of likely N-dealkylation sites (N-methyl/N-ethyl adjacent to an activating group) is 1. The van der Waals surface area contributed by atoms with Crippen LogP contribution in [0.1, 0.15) is 111 Å². The summed E-state index contributed by atoms with van der Waals surface area (Å²) in [5, 5.41) is 19.6. The maximum atomic E-state index is 14.1. The van der Waals surface area contributed by atoms with Crippen molar-refractivity contribution in [3.63, 3.8) is 0 Å². The first-order valence-corrected chi connectivity index (χ1v) is 29.3. The number of carbonyl (C=O) groups is 6. The number of benzene rings is 3. The van der Waals surface area contributed by atoms with Gasteiger partial charge >= 0.3 is 22.4 Å². The highest BCUT2D eigenvalue weighted by molar-refractivity contribution is 7.84. The van der Waals surface area contributed by atoms with E-state index in [1.54, 1.807) is 80.0 Å². The molecule has 2 aliphatic heterocycles. The van der Waals surface area contributed by atoms with Crippen molar-refractivity contribution < 1.29 is 84.0 Å². The fourth-order valence-electron chi connectivity index (χ4n) is 8.76. The number of oxime groups is 1. The summed E-state index contributed by atoms with van der Waals surface area (Å²) in [7, 11) is -0.0561. The van der Waals surface area contributed by atoms with E-state index in [0.29, 0.717) is 53.5 Å². The topological polar surface area (TPSA) is 324 Å². The Morgan fingerprint density at radius 2 is 1.49 bits per heavy atom. The number of rotatable bonds is 24. The van der Waals surface area contributed by atoms with E-state index in [0.717, 1.165) is 22.5 Å². The Morgan fingerprint density at radius 3 is 2.09 bits per heavy atom. The third-order valence-electron chi connectivity index (χ3n) is 13.2. The first-order valence-electron chi connectivity index (χ1n) is 26.6. The van der Waals surface area contributed by atoms with Gasteiger partial charge in [0.1, 0.15) is 47.7 Å². The normalized spacial score (nSPS) is 18.1. The van der Waals surface area contributed by atoms with E-state index < -0.39 is 87.1 Å². The number of thiazole rings is 1. The number of hydrogen-bond donors (Lipinski definition) is 5. The standard InChI is InChI=1S/C56H68ClN9O17S2/c1-54(2,3)80-51(71)56(7,8)83-64-44(39-31-84-52(60-39)62-53(72)81-55(4,5)6)49(69)61-45-40(65(50(45)70)85(73,74)75)27-59-48(68)42-26-38(63-82-42)34-22-24-66(9,28-34)25-23-58-47(67)37-20-21-41(78-29-32-12-16-35(76-10)17-13-32)46(43(37)57)79-30-33-14-18-36(77-11)19-15-33/h12-21,26,31,34,40,45H,22-25,27-30H2,1-11H3,(H4-,58,59,60,61,62,67,68,69,72,73,74,75)/p+1/b64-44-/t34-,40-,45+,66?/m1/s1. The second-order valence-electron chi connectivity index (χ2n) is 22.7. The van der Waals surface area contributed by atoms with E-state index in [2.05, 4.69) is 36.6 Å². The minimum atomic E-state index is -5.24. The number of ether oxygens (including phenoxy) is 6. The second-order valence-corrected chi connectivity index (χ2v) is 25.2. The summed E-state index contributed by atoms with van der Waals surface area (Å²) in [5.41, 5.74) is -2.12. The zero-order chi connectivity index (χ0) is 62.2. The molecule has 5 N–H and O–H groups in total. The van der Waals surface area contributed by atoms with Crippen molar-refractivity contribution in [2.75, 3.05) is 59.3 Å². The maximum absolute atomic E-state index is 14.1. The lowest BCUT2D eigenvalue weighted by atomic mass is 9.98. The molecule has 0 radical (unpaired) electrons. The SMILES string of the molecule is COc1ccc(COc2ccc(C(=O)NCC[N+]3(C)CC[C@@H](c4cc(C(=O)NC[C@@H]5[C@H](NC(=O)/C(=N\OC(C)(C)C(=O)OC(C)(C)C)c6csc(NC(=O)OC(C)(C)C)n6)C(=O)N5S(=O)(=O)O)on4)C3)c(Cl)c2OCc2ccc(OC)cc2)cc1. The zero-order valence-electron chi connectivity index (χ0n) is 48.7. The molecule has 0 bridgehead atoms. The van der Waals surface area contributed by atoms with Gasteiger partial charge < -0.3 is 58.2 Å². The van der Waals surface area contributed by atoms with Crippen molar-refractivity contribution in [1.82, 2.24) is 30.4 Å². The monoisotopic (exact) mass is 1240 g/mol. The molecule has 85 heavy (non-hydrogen) atoms. The van der Waals surface area contributed by atoms with Crippen molar-refractivity contribution in [2.45, 2.75) is 110 Å². The molecule has 0 aliphatic carbocycles. The van der Waals surface area contributed by atoms with Crippen molar-refractivity contribution in [1.29, 1.82) is 0 Å². The van der Waals surface area contributed by atoms with Crippen molar-refractivity contribution in [3.8, 4) is 23.0 Å². The molecule has 2 aliphatic rings. The summed E-state index contributed by atoms with van der Waals surface area (Å²) in [6.07, 6.45) is -0.224. The number of halogens is 1. The highest BCUT2D eigenvalue weighted by Crippen LogP contribution is 2.39. The number of quaternary nitrogens is 1. The van der Waals surface area contributed by atoms with E-state index in [9.17, 15) is 41.7 Å². The summed E-state index contributed by atoms with van der Waals surface area (Å²) in [6, 6.07) is 16.1. The molecule has 26 nitrogen and oxygen atoms in total. The second kappa shape index (κ2) is 26.5. The molecule has 2 saturated heterocycles. The summed E-state index contributed by atoms with van der Waals surface area (Å²) in [5.74, 6) is -3.13. The third kappa shape index (κ3) is 17.1. The predicted octanol–water partition coefficient (Wildman–Crippen LogP) is 6.44. The first kappa shape index (κ1) is 64.5. The number of nitrogens with zero attached hydrogens (tertiary/aromatic N) is 5. The molecule has 458 valence electrons. The van der Waals surface area contributed by atoms with Crippen molar-refractivity contribution in [2.24, 2.45) is 5.16 Å². The molecular weight excluding hydrogens is 1170 g/mol. The van der Waals surface area contributed by atoms with E-state index in [1.807, 2.05) is 43.4 Å². The van der Waals surface area contributed by atoms with Gasteiger partial charge in [0.25, 0.3) is 23.6 Å². The number of hydrogen-bond acceptors (Lipinski definition) is 20. The number of likely N-dealkylation sites (tertiary alicyclic amines) is 1. The Labute approximate surface area is 500 Å². The van der Waals surface area contributed by atoms with E-state index in [-0.39, 0.29) is 62.9 Å². The van der Waals surface area contributed by atoms with Crippen LogP contribution in [0, 0.1) is 0 Å². The third-order valence-corrected chi connectivity index (χ3v) is 15.3. The van der Waals surface area contributed by atoms with Gasteiger partial charge in [-0.1, -0.05) is 46.2 Å². The Balaban J connectivity index is 0.972. The molecule has 2 aromatic heterocycles. The van der Waals surface area contributed by atoms with Gasteiger partial charge in [-0.2, -0.15) is 8.42 Å². The van der Waals surface area contributed by atoms with Gasteiger partial charge in [0, 0.05) is 24.4 Å². The van der Waals surface area contributed by atoms with Crippen LogP contribution in [0.4, 0.5) is 9.93 Å². The molecule has 1 unspecified atom stereocenters. The summed E-state index contributed by atoms with van der Waals surface area (Å²) >= 11 is 7.79. The number of nitrogens with one attached hydrogen (secondary N) is 4. The van der Waals surface area contributed by atoms with Crippen molar-refractivity contribution in [3.05, 3.63) is 111 Å². The number of carbonyl (C=O) groups excluding carboxylic acids is 6. The fourth-order valence-corrected chi connectivity index (χ4v) is 10.6. The quantitative estimate of drug-likeness (QED) is 0.0111. The van der Waals surface area contributed by atoms with E-state index in [1.165, 1.54) is 25.3 Å². The van der Waals surface area contributed by atoms with Crippen LogP contribution >= 0.6 is 22.9 Å². The number of aromatic nitrogens is 2. The number of methoxy groups -OCH3 is 2. The minimum Gasteiger partial charge on any atom is -0.497 e. The number of β-lactam (4-membered cyclic amide) rings is 1. The van der Waals surface area contributed by atoms with Gasteiger partial charge in [-0.25, -0.2) is 18.9 Å². The molecule has 2 fully saturated rings. The van der Waals surface area contributed by atoms with Crippen LogP contribution in [0.3, 0.4) is 0 Å². The summed E-state index contributed by atoms with van der Waals surface area (Å²) in [4.78, 5) is 90.0. The molecular formula is C56H69ClN9O17S2+. The largest absolute Gasteiger partial charge is 0.497 e. The molecule has 5 aromatic rings. The summed E-state index contributed by atoms with van der Waals surface area (Å²) < 4.78 is 74.6. The Hall–Kier alpha value is -8.05. The smallest absolute Gasteiger partial charge is 0.413 e. The van der Waals surface area contributed by atoms with Crippen LogP contribution in [0.2, 0.25) is 5.02 Å². The van der Waals surface area contributed by atoms with Crippen LogP contribution in [-0.4, -0.2) is 156 Å². The number of anilines is 1. The Bertz CT molecular complexity index is 3410. The first-order chi connectivity index (χ1) is 39.9.